The molecule has 5 aliphatic rings. The van der Waals surface area contributed by atoms with Crippen LogP contribution in [0.3, 0.4) is 0 Å². The zero-order chi connectivity index (χ0) is 21.7. The van der Waals surface area contributed by atoms with Crippen molar-refractivity contribution in [3.8, 4) is 0 Å². The van der Waals surface area contributed by atoms with E-state index in [4.69, 9.17) is 9.47 Å². The zero-order valence-electron chi connectivity index (χ0n) is 18.9. The lowest BCUT2D eigenvalue weighted by molar-refractivity contribution is -0.148. The van der Waals surface area contributed by atoms with Crippen molar-refractivity contribution in [2.75, 3.05) is 13.1 Å². The van der Waals surface area contributed by atoms with Gasteiger partial charge in [-0.2, -0.15) is 0 Å². The third-order valence-electron chi connectivity index (χ3n) is 7.45. The summed E-state index contributed by atoms with van der Waals surface area (Å²) in [7, 11) is 0. The van der Waals surface area contributed by atoms with E-state index in [0.29, 0.717) is 31.3 Å². The molecule has 0 aromatic heterocycles. The number of amides is 2. The summed E-state index contributed by atoms with van der Waals surface area (Å²) in [6.07, 6.45) is 6.34. The molecule has 4 saturated carbocycles. The van der Waals surface area contributed by atoms with E-state index in [-0.39, 0.29) is 29.8 Å². The summed E-state index contributed by atoms with van der Waals surface area (Å²) in [6.45, 7) is 8.46. The number of rotatable bonds is 4. The average molecular weight is 423 g/mol. The molecule has 0 aromatic rings. The van der Waals surface area contributed by atoms with E-state index in [1.807, 2.05) is 27.7 Å². The van der Waals surface area contributed by atoms with Crippen LogP contribution in [-0.4, -0.2) is 59.1 Å². The van der Waals surface area contributed by atoms with Gasteiger partial charge in [0.1, 0.15) is 11.7 Å². The van der Waals surface area contributed by atoms with E-state index in [1.54, 1.807) is 4.90 Å². The molecular formula is C23H38N2O5. The molecule has 30 heavy (non-hydrogen) atoms. The smallest absolute Gasteiger partial charge is 0.410 e. The first-order chi connectivity index (χ1) is 14.0. The van der Waals surface area contributed by atoms with Gasteiger partial charge in [0.25, 0.3) is 0 Å². The number of likely N-dealkylation sites (tertiary alicyclic amines) is 1. The predicted octanol–water partition coefficient (Wildman–Crippen LogP) is 3.69. The average Bonchev–Trinajstić information content (AvgIpc) is 3.02. The highest BCUT2D eigenvalue weighted by Gasteiger charge is 2.56. The lowest BCUT2D eigenvalue weighted by Crippen LogP contribution is -2.56. The third-order valence-corrected chi connectivity index (χ3v) is 7.45. The highest BCUT2D eigenvalue weighted by atomic mass is 16.6. The Hall–Kier alpha value is -1.50. The summed E-state index contributed by atoms with van der Waals surface area (Å²) in [5.74, 6) is 1.58. The van der Waals surface area contributed by atoms with Gasteiger partial charge < -0.3 is 24.8 Å². The molecular weight excluding hydrogens is 384 g/mol. The molecule has 0 radical (unpaired) electrons. The van der Waals surface area contributed by atoms with Crippen LogP contribution in [0.25, 0.3) is 0 Å². The molecule has 5 rings (SSSR count). The molecule has 0 aromatic carbocycles. The number of carbonyl (C=O) groups is 2. The summed E-state index contributed by atoms with van der Waals surface area (Å²) >= 11 is 0. The van der Waals surface area contributed by atoms with Crippen molar-refractivity contribution in [3.05, 3.63) is 0 Å². The fourth-order valence-electron chi connectivity index (χ4n) is 6.92. The second kappa shape index (κ2) is 7.88. The van der Waals surface area contributed by atoms with Crippen molar-refractivity contribution in [2.24, 2.45) is 23.2 Å². The Morgan fingerprint density at radius 2 is 1.87 bits per heavy atom. The molecule has 0 spiro atoms. The van der Waals surface area contributed by atoms with Crippen molar-refractivity contribution in [1.29, 1.82) is 0 Å². The molecule has 2 N–H and O–H groups in total. The minimum Gasteiger partial charge on any atom is -0.446 e. The number of alkyl carbamates (subject to hydrolysis) is 1. The van der Waals surface area contributed by atoms with Gasteiger partial charge in [-0.15, -0.1) is 0 Å². The van der Waals surface area contributed by atoms with Crippen LogP contribution in [0.15, 0.2) is 0 Å². The third kappa shape index (κ3) is 4.71. The second-order valence-corrected chi connectivity index (χ2v) is 11.4. The minimum atomic E-state index is -0.536. The Bertz CT molecular complexity index is 653. The topological polar surface area (TPSA) is 88.1 Å². The van der Waals surface area contributed by atoms with Crippen LogP contribution < -0.4 is 5.32 Å². The first kappa shape index (κ1) is 21.7. The Balaban J connectivity index is 1.30. The first-order valence-corrected chi connectivity index (χ1v) is 11.6. The molecule has 4 bridgehead atoms. The number of ether oxygens (including phenoxy) is 2. The normalized spacial score (nSPS) is 38.4. The van der Waals surface area contributed by atoms with Crippen LogP contribution in [0.5, 0.6) is 0 Å². The Morgan fingerprint density at radius 3 is 2.47 bits per heavy atom. The number of carbonyl (C=O) groups excluding carboxylic acids is 2. The van der Waals surface area contributed by atoms with E-state index in [9.17, 15) is 14.7 Å². The van der Waals surface area contributed by atoms with Gasteiger partial charge in [-0.25, -0.2) is 9.59 Å². The standard InChI is InChI=1S/C23H38N2O5/c1-14(26)9-23-10-15-7-16(11-23)19(17(8-15)12-23)29-21(28)25-6-5-18(13-25)24-20(27)30-22(2,3)4/h14-19,26H,5-13H2,1-4H3,(H,24,27)/t14-,15?,16-,17-,18?,19?,23?/m1/s1. The number of nitrogens with one attached hydrogen (secondary N) is 1. The largest absolute Gasteiger partial charge is 0.446 e. The first-order valence-electron chi connectivity index (χ1n) is 11.6. The van der Waals surface area contributed by atoms with Crippen LogP contribution >= 0.6 is 0 Å². The molecule has 1 aliphatic heterocycles. The van der Waals surface area contributed by atoms with Gasteiger partial charge in [-0.05, 0) is 95.8 Å². The highest BCUT2D eigenvalue weighted by molar-refractivity contribution is 5.70. The summed E-state index contributed by atoms with van der Waals surface area (Å²) in [5, 5.41) is 12.9. The summed E-state index contributed by atoms with van der Waals surface area (Å²) in [4.78, 5) is 26.6. The van der Waals surface area contributed by atoms with E-state index in [2.05, 4.69) is 5.32 Å². The van der Waals surface area contributed by atoms with Gasteiger partial charge in [0.2, 0.25) is 0 Å². The minimum absolute atomic E-state index is 0.00837. The number of hydrogen-bond acceptors (Lipinski definition) is 5. The second-order valence-electron chi connectivity index (χ2n) is 11.4. The number of hydrogen-bond donors (Lipinski definition) is 2. The van der Waals surface area contributed by atoms with Crippen molar-refractivity contribution in [2.45, 2.75) is 96.5 Å². The van der Waals surface area contributed by atoms with Gasteiger partial charge in [0.05, 0.1) is 12.1 Å². The summed E-state index contributed by atoms with van der Waals surface area (Å²) in [6, 6.07) is -0.0970. The van der Waals surface area contributed by atoms with Crippen molar-refractivity contribution in [3.63, 3.8) is 0 Å². The summed E-state index contributed by atoms with van der Waals surface area (Å²) < 4.78 is 11.4. The van der Waals surface area contributed by atoms with E-state index < -0.39 is 11.7 Å². The lowest BCUT2D eigenvalue weighted by atomic mass is 9.47. The number of nitrogens with zero attached hydrogens (tertiary/aromatic N) is 1. The molecule has 170 valence electrons. The van der Waals surface area contributed by atoms with Crippen molar-refractivity contribution >= 4 is 12.2 Å². The van der Waals surface area contributed by atoms with Gasteiger partial charge in [0, 0.05) is 13.1 Å². The maximum atomic E-state index is 12.9. The van der Waals surface area contributed by atoms with E-state index in [0.717, 1.165) is 38.0 Å². The molecule has 7 heteroatoms. The molecule has 4 aliphatic carbocycles. The maximum Gasteiger partial charge on any atom is 0.410 e. The Kier molecular flexibility index (Phi) is 5.71. The van der Waals surface area contributed by atoms with Crippen LogP contribution in [0, 0.1) is 23.2 Å². The van der Waals surface area contributed by atoms with Gasteiger partial charge in [-0.3, -0.25) is 0 Å². The van der Waals surface area contributed by atoms with Crippen LogP contribution in [-0.2, 0) is 9.47 Å². The van der Waals surface area contributed by atoms with Gasteiger partial charge in [-0.1, -0.05) is 0 Å². The quantitative estimate of drug-likeness (QED) is 0.721. The SMILES string of the molecule is C[C@@H](O)CC12CC3C[C@H](C1)C(OC(=O)N1CCC(NC(=O)OC(C)(C)C)C1)[C@H](C3)C2. The molecule has 5 fully saturated rings. The lowest BCUT2D eigenvalue weighted by Gasteiger charge is -2.59. The number of aliphatic hydroxyl groups is 1. The molecule has 4 atom stereocenters. The highest BCUT2D eigenvalue weighted by Crippen LogP contribution is 2.62. The van der Waals surface area contributed by atoms with E-state index >= 15 is 0 Å². The van der Waals surface area contributed by atoms with E-state index in [1.165, 1.54) is 6.42 Å². The number of aliphatic hydroxyl groups excluding tert-OH is 1. The monoisotopic (exact) mass is 422 g/mol. The maximum absolute atomic E-state index is 12.9. The predicted molar refractivity (Wildman–Crippen MR) is 112 cm³/mol. The fourth-order valence-corrected chi connectivity index (χ4v) is 6.92. The zero-order valence-corrected chi connectivity index (χ0v) is 18.9. The van der Waals surface area contributed by atoms with Crippen molar-refractivity contribution in [1.82, 2.24) is 10.2 Å². The molecule has 1 heterocycles. The fraction of sp³-hybridized carbons (Fsp3) is 0.913. The molecule has 1 saturated heterocycles. The Morgan fingerprint density at radius 1 is 1.20 bits per heavy atom. The molecule has 2 amide bonds. The van der Waals surface area contributed by atoms with Crippen LogP contribution in [0.1, 0.15) is 72.6 Å². The molecule has 1 unspecified atom stereocenters. The van der Waals surface area contributed by atoms with Crippen molar-refractivity contribution < 1.29 is 24.2 Å². The van der Waals surface area contributed by atoms with Crippen LogP contribution in [0.4, 0.5) is 9.59 Å². The van der Waals surface area contributed by atoms with Crippen LogP contribution in [0.2, 0.25) is 0 Å². The van der Waals surface area contributed by atoms with Gasteiger partial charge >= 0.3 is 12.2 Å². The summed E-state index contributed by atoms with van der Waals surface area (Å²) in [5.41, 5.74) is -0.282. The van der Waals surface area contributed by atoms with Gasteiger partial charge in [0.15, 0.2) is 0 Å². The molecule has 7 nitrogen and oxygen atoms in total. The Labute approximate surface area is 179 Å².